The van der Waals surface area contributed by atoms with Crippen molar-refractivity contribution in [2.75, 3.05) is 6.61 Å². The van der Waals surface area contributed by atoms with Crippen LogP contribution < -0.4 is 0 Å². The van der Waals surface area contributed by atoms with Gasteiger partial charge in [-0.2, -0.15) is 0 Å². The van der Waals surface area contributed by atoms with Crippen molar-refractivity contribution < 1.29 is 19.1 Å². The Hall–Kier alpha value is -2.75. The fraction of sp³-hybridized carbons (Fsp3) is 0.286. The van der Waals surface area contributed by atoms with Gasteiger partial charge in [0.2, 0.25) is 0 Å². The molecule has 0 aromatic heterocycles. The van der Waals surface area contributed by atoms with E-state index in [-0.39, 0.29) is 17.5 Å². The molecule has 128 valence electrons. The molecule has 0 fully saturated rings. The van der Waals surface area contributed by atoms with Crippen LogP contribution in [0.15, 0.2) is 30.3 Å². The third kappa shape index (κ3) is 3.00. The van der Waals surface area contributed by atoms with Crippen molar-refractivity contribution in [1.29, 1.82) is 0 Å². The number of rotatable bonds is 4. The van der Waals surface area contributed by atoms with E-state index in [0.29, 0.717) is 41.7 Å². The molecule has 0 heterocycles. The lowest BCUT2D eigenvalue weighted by Gasteiger charge is -2.23. The van der Waals surface area contributed by atoms with Gasteiger partial charge in [-0.25, -0.2) is 0 Å². The van der Waals surface area contributed by atoms with Crippen LogP contribution in [0.5, 0.6) is 0 Å². The van der Waals surface area contributed by atoms with Gasteiger partial charge in [0, 0.05) is 29.2 Å². The second-order valence-electron chi connectivity index (χ2n) is 6.38. The molecule has 0 radical (unpaired) electrons. The molecule has 0 N–H and O–H groups in total. The van der Waals surface area contributed by atoms with E-state index in [9.17, 15) is 14.4 Å². The van der Waals surface area contributed by atoms with E-state index in [4.69, 9.17) is 4.74 Å². The molecule has 2 aromatic carbocycles. The average Bonchev–Trinajstić information content (AvgIpc) is 2.58. The largest absolute Gasteiger partial charge is 0.466 e. The fourth-order valence-corrected chi connectivity index (χ4v) is 3.45. The average molecular weight is 336 g/mol. The van der Waals surface area contributed by atoms with E-state index in [0.717, 1.165) is 16.7 Å². The van der Waals surface area contributed by atoms with Crippen LogP contribution in [-0.4, -0.2) is 24.1 Å². The van der Waals surface area contributed by atoms with Crippen LogP contribution in [0.4, 0.5) is 0 Å². The van der Waals surface area contributed by atoms with Gasteiger partial charge in [0.15, 0.2) is 11.6 Å². The maximum Gasteiger partial charge on any atom is 0.302 e. The maximum absolute atomic E-state index is 13.0. The number of carbonyl (C=O) groups is 3. The SMILES string of the molecule is CC(=O)OCCCc1cc(C)c2c(c1C)C(=O)c1ccccc1C2=O. The van der Waals surface area contributed by atoms with E-state index >= 15 is 0 Å². The summed E-state index contributed by atoms with van der Waals surface area (Å²) >= 11 is 0. The lowest BCUT2D eigenvalue weighted by molar-refractivity contribution is -0.141. The molecule has 1 aliphatic carbocycles. The van der Waals surface area contributed by atoms with Crippen LogP contribution >= 0.6 is 0 Å². The highest BCUT2D eigenvalue weighted by Gasteiger charge is 2.32. The third-order valence-electron chi connectivity index (χ3n) is 4.66. The maximum atomic E-state index is 13.0. The smallest absolute Gasteiger partial charge is 0.302 e. The van der Waals surface area contributed by atoms with Gasteiger partial charge in [0.05, 0.1) is 6.61 Å². The van der Waals surface area contributed by atoms with Crippen molar-refractivity contribution in [2.45, 2.75) is 33.6 Å². The summed E-state index contributed by atoms with van der Waals surface area (Å²) in [4.78, 5) is 36.7. The Morgan fingerprint density at radius 3 is 2.20 bits per heavy atom. The molecule has 0 saturated heterocycles. The van der Waals surface area contributed by atoms with Crippen molar-refractivity contribution in [2.24, 2.45) is 0 Å². The minimum Gasteiger partial charge on any atom is -0.466 e. The summed E-state index contributed by atoms with van der Waals surface area (Å²) in [6.45, 7) is 5.49. The number of ether oxygens (including phenoxy) is 1. The van der Waals surface area contributed by atoms with Gasteiger partial charge in [0.1, 0.15) is 0 Å². The van der Waals surface area contributed by atoms with Gasteiger partial charge >= 0.3 is 5.97 Å². The summed E-state index contributed by atoms with van der Waals surface area (Å²) in [6, 6.07) is 8.95. The molecule has 1 aliphatic rings. The van der Waals surface area contributed by atoms with Crippen LogP contribution in [0, 0.1) is 13.8 Å². The van der Waals surface area contributed by atoms with Crippen molar-refractivity contribution in [3.05, 3.63) is 69.3 Å². The normalized spacial score (nSPS) is 12.6. The van der Waals surface area contributed by atoms with Gasteiger partial charge in [-0.15, -0.1) is 0 Å². The fourth-order valence-electron chi connectivity index (χ4n) is 3.45. The van der Waals surface area contributed by atoms with Gasteiger partial charge in [-0.05, 0) is 43.4 Å². The highest BCUT2D eigenvalue weighted by atomic mass is 16.5. The number of carbonyl (C=O) groups excluding carboxylic acids is 3. The second-order valence-corrected chi connectivity index (χ2v) is 6.38. The summed E-state index contributed by atoms with van der Waals surface area (Å²) in [7, 11) is 0. The molecular weight excluding hydrogens is 316 g/mol. The topological polar surface area (TPSA) is 60.4 Å². The van der Waals surface area contributed by atoms with Crippen molar-refractivity contribution in [3.8, 4) is 0 Å². The van der Waals surface area contributed by atoms with E-state index in [1.54, 1.807) is 24.3 Å². The van der Waals surface area contributed by atoms with Gasteiger partial charge in [0.25, 0.3) is 0 Å². The third-order valence-corrected chi connectivity index (χ3v) is 4.66. The summed E-state index contributed by atoms with van der Waals surface area (Å²) in [5.74, 6) is -0.472. The van der Waals surface area contributed by atoms with E-state index in [2.05, 4.69) is 0 Å². The van der Waals surface area contributed by atoms with Gasteiger partial charge in [-0.1, -0.05) is 30.3 Å². The zero-order chi connectivity index (χ0) is 18.1. The number of fused-ring (bicyclic) bond motifs is 2. The Balaban J connectivity index is 2.00. The van der Waals surface area contributed by atoms with Crippen molar-refractivity contribution >= 4 is 17.5 Å². The lowest BCUT2D eigenvalue weighted by Crippen LogP contribution is -2.24. The van der Waals surface area contributed by atoms with Crippen molar-refractivity contribution in [1.82, 2.24) is 0 Å². The number of hydrogen-bond donors (Lipinski definition) is 0. The number of esters is 1. The van der Waals surface area contributed by atoms with Crippen LogP contribution in [0.3, 0.4) is 0 Å². The van der Waals surface area contributed by atoms with Gasteiger partial charge in [-0.3, -0.25) is 14.4 Å². The van der Waals surface area contributed by atoms with Crippen LogP contribution in [0.1, 0.15) is 61.9 Å². The molecular formula is C21H20O4. The molecule has 4 heteroatoms. The number of ketones is 2. The quantitative estimate of drug-likeness (QED) is 0.540. The summed E-state index contributed by atoms with van der Waals surface area (Å²) in [5, 5.41) is 0. The van der Waals surface area contributed by atoms with Crippen molar-refractivity contribution in [3.63, 3.8) is 0 Å². The number of hydrogen-bond acceptors (Lipinski definition) is 4. The molecule has 0 amide bonds. The zero-order valence-corrected chi connectivity index (χ0v) is 14.6. The van der Waals surface area contributed by atoms with E-state index < -0.39 is 0 Å². The Morgan fingerprint density at radius 2 is 1.60 bits per heavy atom. The molecule has 3 rings (SSSR count). The first kappa shape index (κ1) is 17.1. The Kier molecular flexibility index (Phi) is 4.53. The summed E-state index contributed by atoms with van der Waals surface area (Å²) in [6.07, 6.45) is 1.37. The monoisotopic (exact) mass is 336 g/mol. The van der Waals surface area contributed by atoms with Crippen LogP contribution in [0.25, 0.3) is 0 Å². The Bertz CT molecular complexity index is 893. The summed E-state index contributed by atoms with van der Waals surface area (Å²) in [5.41, 5.74) is 4.66. The Labute approximate surface area is 146 Å². The standard InChI is InChI=1S/C21H20O4/c1-12-11-15(7-6-10-25-14(3)22)13(2)19-18(12)20(23)16-8-4-5-9-17(16)21(19)24/h4-5,8-9,11H,6-7,10H2,1-3H3. The molecule has 0 aliphatic heterocycles. The molecule has 0 bridgehead atoms. The number of aryl methyl sites for hydroxylation is 2. The molecule has 25 heavy (non-hydrogen) atoms. The number of benzene rings is 2. The first-order valence-corrected chi connectivity index (χ1v) is 8.36. The van der Waals surface area contributed by atoms with Crippen LogP contribution in [0.2, 0.25) is 0 Å². The predicted molar refractivity (Wildman–Crippen MR) is 94.2 cm³/mol. The summed E-state index contributed by atoms with van der Waals surface area (Å²) < 4.78 is 4.97. The first-order valence-electron chi connectivity index (χ1n) is 8.36. The van der Waals surface area contributed by atoms with E-state index in [1.807, 2.05) is 19.9 Å². The molecule has 0 atom stereocenters. The van der Waals surface area contributed by atoms with Gasteiger partial charge < -0.3 is 4.74 Å². The Morgan fingerprint density at radius 1 is 1.00 bits per heavy atom. The highest BCUT2D eigenvalue weighted by molar-refractivity contribution is 6.29. The van der Waals surface area contributed by atoms with E-state index in [1.165, 1.54) is 6.92 Å². The minimum atomic E-state index is -0.296. The first-order chi connectivity index (χ1) is 11.9. The molecule has 0 spiro atoms. The molecule has 2 aromatic rings. The highest BCUT2D eigenvalue weighted by Crippen LogP contribution is 2.33. The molecule has 0 unspecified atom stereocenters. The zero-order valence-electron chi connectivity index (χ0n) is 14.6. The molecule has 0 saturated carbocycles. The lowest BCUT2D eigenvalue weighted by atomic mass is 9.78. The van der Waals surface area contributed by atoms with Crippen LogP contribution in [-0.2, 0) is 16.0 Å². The molecule has 4 nitrogen and oxygen atoms in total. The second kappa shape index (κ2) is 6.63. The minimum absolute atomic E-state index is 0.0859. The predicted octanol–water partition coefficient (Wildman–Crippen LogP) is 3.57.